The van der Waals surface area contributed by atoms with Gasteiger partial charge in [0, 0.05) is 19.2 Å². The second kappa shape index (κ2) is 6.45. The molecule has 0 N–H and O–H groups in total. The van der Waals surface area contributed by atoms with E-state index in [1.54, 1.807) is 35.2 Å². The highest BCUT2D eigenvalue weighted by molar-refractivity contribution is 7.91. The van der Waals surface area contributed by atoms with E-state index >= 15 is 0 Å². The molecule has 2 aromatic rings. The molecule has 0 radical (unpaired) electrons. The highest BCUT2D eigenvalue weighted by Gasteiger charge is 2.35. The van der Waals surface area contributed by atoms with Gasteiger partial charge in [0.05, 0.1) is 17.8 Å². The molecule has 7 heteroatoms. The van der Waals surface area contributed by atoms with Gasteiger partial charge in [0.25, 0.3) is 0 Å². The highest BCUT2D eigenvalue weighted by atomic mass is 32.2. The molecule has 1 aliphatic rings. The van der Waals surface area contributed by atoms with Gasteiger partial charge in [-0.3, -0.25) is 4.79 Å². The predicted octanol–water partition coefficient (Wildman–Crippen LogP) is 2.10. The Morgan fingerprint density at radius 2 is 2.04 bits per heavy atom. The fourth-order valence-corrected chi connectivity index (χ4v) is 4.25. The summed E-state index contributed by atoms with van der Waals surface area (Å²) in [6, 6.07) is 6.78. The number of carbonyl (C=O) groups is 1. The van der Waals surface area contributed by atoms with E-state index in [4.69, 9.17) is 8.83 Å². The largest absolute Gasteiger partial charge is 0.468 e. The van der Waals surface area contributed by atoms with Crippen molar-refractivity contribution in [2.45, 2.75) is 17.4 Å². The highest BCUT2D eigenvalue weighted by Crippen LogP contribution is 2.21. The Kier molecular flexibility index (Phi) is 4.38. The van der Waals surface area contributed by atoms with E-state index in [0.717, 1.165) is 0 Å². The number of amides is 1. The average molecular weight is 335 g/mol. The second-order valence-corrected chi connectivity index (χ2v) is 7.71. The zero-order valence-corrected chi connectivity index (χ0v) is 13.2. The molecular formula is C16H17NO5S. The first-order chi connectivity index (χ1) is 11.0. The van der Waals surface area contributed by atoms with Crippen molar-refractivity contribution in [1.82, 2.24) is 4.90 Å². The van der Waals surface area contributed by atoms with E-state index in [1.807, 2.05) is 0 Å². The van der Waals surface area contributed by atoms with Gasteiger partial charge in [-0.1, -0.05) is 0 Å². The summed E-state index contributed by atoms with van der Waals surface area (Å²) in [6.07, 6.45) is 6.41. The molecule has 0 saturated carbocycles. The number of hydrogen-bond acceptors (Lipinski definition) is 5. The molecule has 1 amide bonds. The molecule has 0 aromatic carbocycles. The van der Waals surface area contributed by atoms with E-state index in [9.17, 15) is 13.2 Å². The first-order valence-corrected chi connectivity index (χ1v) is 9.00. The minimum absolute atomic E-state index is 0.130. The van der Waals surface area contributed by atoms with Crippen molar-refractivity contribution in [1.29, 1.82) is 0 Å². The monoisotopic (exact) mass is 335 g/mol. The van der Waals surface area contributed by atoms with Crippen LogP contribution in [-0.4, -0.2) is 37.6 Å². The van der Waals surface area contributed by atoms with Crippen molar-refractivity contribution in [2.24, 2.45) is 0 Å². The van der Waals surface area contributed by atoms with Crippen LogP contribution in [0.5, 0.6) is 0 Å². The Hall–Kier alpha value is -2.28. The van der Waals surface area contributed by atoms with E-state index in [1.165, 1.54) is 18.6 Å². The Morgan fingerprint density at radius 3 is 2.74 bits per heavy atom. The number of likely N-dealkylation sites (tertiary alicyclic amines) is 1. The SMILES string of the molecule is O=C(C=Cc1ccco1)N1CCC(S(=O)(=O)Cc2ccco2)C1. The van der Waals surface area contributed by atoms with Crippen LogP contribution in [0.25, 0.3) is 6.08 Å². The van der Waals surface area contributed by atoms with Crippen molar-refractivity contribution in [3.8, 4) is 0 Å². The number of carbonyl (C=O) groups excluding carboxylic acids is 1. The van der Waals surface area contributed by atoms with Crippen molar-refractivity contribution in [2.75, 3.05) is 13.1 Å². The number of rotatable bonds is 5. The maximum absolute atomic E-state index is 12.4. The summed E-state index contributed by atoms with van der Waals surface area (Å²) in [5.41, 5.74) is 0. The maximum atomic E-state index is 12.4. The quantitative estimate of drug-likeness (QED) is 0.782. The van der Waals surface area contributed by atoms with Crippen LogP contribution in [0.3, 0.4) is 0 Å². The van der Waals surface area contributed by atoms with Crippen LogP contribution < -0.4 is 0 Å². The van der Waals surface area contributed by atoms with Gasteiger partial charge in [-0.15, -0.1) is 0 Å². The van der Waals surface area contributed by atoms with Crippen LogP contribution in [0.2, 0.25) is 0 Å². The Balaban J connectivity index is 1.60. The van der Waals surface area contributed by atoms with Crippen molar-refractivity contribution in [3.63, 3.8) is 0 Å². The molecule has 1 saturated heterocycles. The summed E-state index contributed by atoms with van der Waals surface area (Å²) in [4.78, 5) is 13.7. The fourth-order valence-electron chi connectivity index (χ4n) is 2.58. The van der Waals surface area contributed by atoms with Gasteiger partial charge in [0.1, 0.15) is 17.3 Å². The average Bonchev–Trinajstić information content (AvgIpc) is 3.25. The normalized spacial score (nSPS) is 18.8. The molecule has 122 valence electrons. The van der Waals surface area contributed by atoms with Crippen molar-refractivity contribution in [3.05, 3.63) is 54.4 Å². The molecular weight excluding hydrogens is 318 g/mol. The molecule has 2 aromatic heterocycles. The van der Waals surface area contributed by atoms with Gasteiger partial charge >= 0.3 is 0 Å². The third-order valence-electron chi connectivity index (χ3n) is 3.82. The standard InChI is InChI=1S/C16H17NO5S/c18-16(6-5-13-3-1-9-21-13)17-8-7-15(11-17)23(19,20)12-14-4-2-10-22-14/h1-6,9-10,15H,7-8,11-12H2. The van der Waals surface area contributed by atoms with E-state index in [0.29, 0.717) is 24.5 Å². The number of furan rings is 2. The number of sulfone groups is 1. The molecule has 0 spiro atoms. The van der Waals surface area contributed by atoms with Gasteiger partial charge in [-0.2, -0.15) is 0 Å². The summed E-state index contributed by atoms with van der Waals surface area (Å²) in [6.45, 7) is 0.647. The van der Waals surface area contributed by atoms with E-state index in [2.05, 4.69) is 0 Å². The zero-order valence-electron chi connectivity index (χ0n) is 12.4. The van der Waals surface area contributed by atoms with Crippen LogP contribution >= 0.6 is 0 Å². The molecule has 1 unspecified atom stereocenters. The molecule has 3 heterocycles. The minimum Gasteiger partial charge on any atom is -0.468 e. The lowest BCUT2D eigenvalue weighted by Gasteiger charge is -2.14. The molecule has 6 nitrogen and oxygen atoms in total. The van der Waals surface area contributed by atoms with Crippen LogP contribution in [0.15, 0.2) is 51.7 Å². The lowest BCUT2D eigenvalue weighted by atomic mass is 10.3. The first-order valence-electron chi connectivity index (χ1n) is 7.29. The van der Waals surface area contributed by atoms with Gasteiger partial charge in [-0.25, -0.2) is 8.42 Å². The molecule has 0 bridgehead atoms. The Morgan fingerprint density at radius 1 is 1.26 bits per heavy atom. The van der Waals surface area contributed by atoms with Crippen LogP contribution in [0, 0.1) is 0 Å². The fraction of sp³-hybridized carbons (Fsp3) is 0.312. The molecule has 0 aliphatic carbocycles. The predicted molar refractivity (Wildman–Crippen MR) is 84.1 cm³/mol. The van der Waals surface area contributed by atoms with Crippen LogP contribution in [0.4, 0.5) is 0 Å². The zero-order chi connectivity index (χ0) is 16.3. The van der Waals surface area contributed by atoms with E-state index < -0.39 is 15.1 Å². The topological polar surface area (TPSA) is 80.7 Å². The van der Waals surface area contributed by atoms with Gasteiger partial charge < -0.3 is 13.7 Å². The minimum atomic E-state index is -3.34. The lowest BCUT2D eigenvalue weighted by molar-refractivity contribution is -0.124. The summed E-state index contributed by atoms with van der Waals surface area (Å²) < 4.78 is 35.0. The Labute approximate surface area is 134 Å². The van der Waals surface area contributed by atoms with Gasteiger partial charge in [0.15, 0.2) is 9.84 Å². The molecule has 1 fully saturated rings. The molecule has 1 aliphatic heterocycles. The maximum Gasteiger partial charge on any atom is 0.246 e. The summed E-state index contributed by atoms with van der Waals surface area (Å²) >= 11 is 0. The van der Waals surface area contributed by atoms with Gasteiger partial charge in [-0.05, 0) is 36.8 Å². The second-order valence-electron chi connectivity index (χ2n) is 5.43. The lowest BCUT2D eigenvalue weighted by Crippen LogP contribution is -2.31. The molecule has 1 atom stereocenters. The summed E-state index contributed by atoms with van der Waals surface area (Å²) in [7, 11) is -3.34. The molecule has 23 heavy (non-hydrogen) atoms. The summed E-state index contributed by atoms with van der Waals surface area (Å²) in [5, 5.41) is -0.548. The number of nitrogens with zero attached hydrogens (tertiary/aromatic N) is 1. The first kappa shape index (κ1) is 15.6. The van der Waals surface area contributed by atoms with Crippen LogP contribution in [-0.2, 0) is 20.4 Å². The van der Waals surface area contributed by atoms with Gasteiger partial charge in [0.2, 0.25) is 5.91 Å². The third-order valence-corrected chi connectivity index (χ3v) is 5.91. The Bertz CT molecular complexity index is 775. The van der Waals surface area contributed by atoms with Crippen molar-refractivity contribution < 1.29 is 22.0 Å². The molecule has 3 rings (SSSR count). The number of hydrogen-bond donors (Lipinski definition) is 0. The van der Waals surface area contributed by atoms with Crippen LogP contribution in [0.1, 0.15) is 17.9 Å². The smallest absolute Gasteiger partial charge is 0.246 e. The summed E-state index contributed by atoms with van der Waals surface area (Å²) in [5.74, 6) is 0.665. The third kappa shape index (κ3) is 3.73. The van der Waals surface area contributed by atoms with E-state index in [-0.39, 0.29) is 18.2 Å². The van der Waals surface area contributed by atoms with Crippen molar-refractivity contribution >= 4 is 21.8 Å².